The summed E-state index contributed by atoms with van der Waals surface area (Å²) >= 11 is 1.41. The zero-order valence-corrected chi connectivity index (χ0v) is 9.89. The zero-order chi connectivity index (χ0) is 11.8. The van der Waals surface area contributed by atoms with Gasteiger partial charge in [-0.05, 0) is 11.4 Å². The van der Waals surface area contributed by atoms with Gasteiger partial charge in [0.25, 0.3) is 5.56 Å². The van der Waals surface area contributed by atoms with Crippen LogP contribution < -0.4 is 5.56 Å². The zero-order valence-electron chi connectivity index (χ0n) is 9.07. The topological polar surface area (TPSA) is 65.6 Å². The van der Waals surface area contributed by atoms with E-state index in [4.69, 9.17) is 0 Å². The third kappa shape index (κ3) is 1.74. The van der Waals surface area contributed by atoms with Crippen LogP contribution in [0.5, 0.6) is 0 Å². The van der Waals surface area contributed by atoms with Crippen LogP contribution in [0.15, 0.2) is 28.8 Å². The highest BCUT2D eigenvalue weighted by Crippen LogP contribution is 2.13. The van der Waals surface area contributed by atoms with Crippen LogP contribution in [0, 0.1) is 0 Å². The minimum Gasteiger partial charge on any atom is -0.292 e. The molecule has 0 bridgehead atoms. The lowest BCUT2D eigenvalue weighted by Crippen LogP contribution is -2.20. The van der Waals surface area contributed by atoms with Gasteiger partial charge in [0, 0.05) is 13.2 Å². The van der Waals surface area contributed by atoms with Crippen molar-refractivity contribution in [3.05, 3.63) is 40.0 Å². The second-order valence-electron chi connectivity index (χ2n) is 3.70. The van der Waals surface area contributed by atoms with Gasteiger partial charge in [-0.2, -0.15) is 0 Å². The fraction of sp³-hybridized carbons (Fsp3) is 0.200. The molecule has 0 N–H and O–H groups in total. The van der Waals surface area contributed by atoms with Crippen molar-refractivity contribution in [2.45, 2.75) is 6.54 Å². The summed E-state index contributed by atoms with van der Waals surface area (Å²) in [4.78, 5) is 16.3. The molecule has 0 unspecified atom stereocenters. The van der Waals surface area contributed by atoms with Crippen molar-refractivity contribution in [2.24, 2.45) is 7.05 Å². The first-order valence-electron chi connectivity index (χ1n) is 5.02. The Balaban J connectivity index is 2.06. The maximum atomic E-state index is 12.1. The summed E-state index contributed by atoms with van der Waals surface area (Å²) in [6.07, 6.45) is 3.33. The molecule has 0 aliphatic carbocycles. The number of thiophene rings is 1. The van der Waals surface area contributed by atoms with Crippen LogP contribution in [0.2, 0.25) is 0 Å². The molecular weight excluding hydrogens is 238 g/mol. The van der Waals surface area contributed by atoms with E-state index in [0.717, 1.165) is 11.2 Å². The van der Waals surface area contributed by atoms with E-state index in [9.17, 15) is 4.79 Å². The lowest BCUT2D eigenvalue weighted by molar-refractivity contribution is 0.703. The number of nitrogens with zero attached hydrogens (tertiary/aromatic N) is 5. The number of rotatable bonds is 2. The predicted molar refractivity (Wildman–Crippen MR) is 64.0 cm³/mol. The fourth-order valence-electron chi connectivity index (χ4n) is 1.63. The molecule has 17 heavy (non-hydrogen) atoms. The van der Waals surface area contributed by atoms with Crippen LogP contribution >= 0.6 is 11.3 Å². The quantitative estimate of drug-likeness (QED) is 0.666. The number of hydrogen-bond acceptors (Lipinski definition) is 5. The van der Waals surface area contributed by atoms with Crippen LogP contribution in [-0.4, -0.2) is 24.5 Å². The van der Waals surface area contributed by atoms with Gasteiger partial charge in [0.1, 0.15) is 10.4 Å². The lowest BCUT2D eigenvalue weighted by atomic mass is 10.4. The van der Waals surface area contributed by atoms with E-state index in [1.165, 1.54) is 11.3 Å². The summed E-state index contributed by atoms with van der Waals surface area (Å²) in [5.41, 5.74) is 1.46. The second-order valence-corrected chi connectivity index (χ2v) is 4.61. The molecule has 0 atom stereocenters. The van der Waals surface area contributed by atoms with E-state index < -0.39 is 0 Å². The minimum atomic E-state index is -0.0318. The van der Waals surface area contributed by atoms with E-state index in [2.05, 4.69) is 15.3 Å². The van der Waals surface area contributed by atoms with Gasteiger partial charge >= 0.3 is 0 Å². The average molecular weight is 247 g/mol. The standard InChI is InChI=1S/C10H9N5OS/c1-14-4-7(12-13-14)5-15-6-11-8-2-3-17-9(8)10(15)16/h2-4,6H,5H2,1H3. The van der Waals surface area contributed by atoms with Gasteiger partial charge in [0.15, 0.2) is 0 Å². The Morgan fingerprint density at radius 3 is 3.12 bits per heavy atom. The third-order valence-corrected chi connectivity index (χ3v) is 3.31. The summed E-state index contributed by atoms with van der Waals surface area (Å²) in [5, 5.41) is 9.64. The van der Waals surface area contributed by atoms with E-state index in [-0.39, 0.29) is 5.56 Å². The lowest BCUT2D eigenvalue weighted by Gasteiger charge is -2.01. The van der Waals surface area contributed by atoms with Gasteiger partial charge < -0.3 is 0 Å². The maximum Gasteiger partial charge on any atom is 0.271 e. The van der Waals surface area contributed by atoms with Crippen LogP contribution in [0.4, 0.5) is 0 Å². The van der Waals surface area contributed by atoms with Gasteiger partial charge in [0.2, 0.25) is 0 Å². The first kappa shape index (κ1) is 10.2. The van der Waals surface area contributed by atoms with Crippen molar-refractivity contribution >= 4 is 21.6 Å². The van der Waals surface area contributed by atoms with Crippen LogP contribution in [0.3, 0.4) is 0 Å². The molecule has 0 fully saturated rings. The average Bonchev–Trinajstić information content (AvgIpc) is 2.92. The van der Waals surface area contributed by atoms with Crippen LogP contribution in [-0.2, 0) is 13.6 Å². The SMILES string of the molecule is Cn1cc(Cn2cnc3ccsc3c2=O)nn1. The highest BCUT2D eigenvalue weighted by Gasteiger charge is 2.07. The fourth-order valence-corrected chi connectivity index (χ4v) is 2.43. The summed E-state index contributed by atoms with van der Waals surface area (Å²) < 4.78 is 3.83. The van der Waals surface area contributed by atoms with Crippen molar-refractivity contribution in [3.8, 4) is 0 Å². The van der Waals surface area contributed by atoms with Crippen LogP contribution in [0.25, 0.3) is 10.2 Å². The molecule has 3 heterocycles. The molecule has 3 rings (SSSR count). The van der Waals surface area contributed by atoms with Crippen LogP contribution in [0.1, 0.15) is 5.69 Å². The van der Waals surface area contributed by atoms with E-state index in [1.807, 2.05) is 11.4 Å². The third-order valence-electron chi connectivity index (χ3n) is 2.42. The molecule has 6 nitrogen and oxygen atoms in total. The molecule has 3 aromatic rings. The van der Waals surface area contributed by atoms with Crippen molar-refractivity contribution in [1.29, 1.82) is 0 Å². The summed E-state index contributed by atoms with van der Waals surface area (Å²) in [6.45, 7) is 0.396. The maximum absolute atomic E-state index is 12.1. The number of hydrogen-bond donors (Lipinski definition) is 0. The Morgan fingerprint density at radius 1 is 1.47 bits per heavy atom. The van der Waals surface area contributed by atoms with Gasteiger partial charge in [-0.15, -0.1) is 16.4 Å². The second kappa shape index (κ2) is 3.77. The summed E-state index contributed by atoms with van der Waals surface area (Å²) in [5.74, 6) is 0. The monoisotopic (exact) mass is 247 g/mol. The molecule has 86 valence electrons. The number of aromatic nitrogens is 5. The number of aryl methyl sites for hydroxylation is 1. The van der Waals surface area contributed by atoms with Crippen molar-refractivity contribution in [3.63, 3.8) is 0 Å². The Hall–Kier alpha value is -2.02. The normalized spacial score (nSPS) is 11.1. The van der Waals surface area contributed by atoms with Crippen molar-refractivity contribution in [1.82, 2.24) is 24.5 Å². The highest BCUT2D eigenvalue weighted by atomic mass is 32.1. The Morgan fingerprint density at radius 2 is 2.35 bits per heavy atom. The smallest absolute Gasteiger partial charge is 0.271 e. The first-order valence-corrected chi connectivity index (χ1v) is 5.90. The van der Waals surface area contributed by atoms with E-state index in [1.54, 1.807) is 28.8 Å². The molecule has 7 heteroatoms. The Kier molecular flexibility index (Phi) is 2.25. The van der Waals surface area contributed by atoms with Gasteiger partial charge in [-0.25, -0.2) is 4.98 Å². The predicted octanol–water partition coefficient (Wildman–Crippen LogP) is 0.635. The molecule has 0 amide bonds. The summed E-state index contributed by atoms with van der Waals surface area (Å²) in [7, 11) is 1.79. The van der Waals surface area contributed by atoms with Gasteiger partial charge in [0.05, 0.1) is 18.4 Å². The van der Waals surface area contributed by atoms with Gasteiger partial charge in [-0.3, -0.25) is 14.0 Å². The summed E-state index contributed by atoms with van der Waals surface area (Å²) in [6, 6.07) is 1.84. The molecule has 0 spiro atoms. The number of fused-ring (bicyclic) bond motifs is 1. The van der Waals surface area contributed by atoms with E-state index in [0.29, 0.717) is 11.2 Å². The minimum absolute atomic E-state index is 0.0318. The largest absolute Gasteiger partial charge is 0.292 e. The molecule has 0 aliphatic rings. The van der Waals surface area contributed by atoms with Gasteiger partial charge in [-0.1, -0.05) is 5.21 Å². The molecule has 0 aliphatic heterocycles. The first-order chi connectivity index (χ1) is 8.24. The van der Waals surface area contributed by atoms with E-state index >= 15 is 0 Å². The molecule has 3 aromatic heterocycles. The molecule has 0 aromatic carbocycles. The molecule has 0 saturated heterocycles. The van der Waals surface area contributed by atoms with Crippen molar-refractivity contribution < 1.29 is 0 Å². The molecule has 0 saturated carbocycles. The van der Waals surface area contributed by atoms with Crippen molar-refractivity contribution in [2.75, 3.05) is 0 Å². The molecule has 0 radical (unpaired) electrons. The Bertz CT molecular complexity index is 725. The highest BCUT2D eigenvalue weighted by molar-refractivity contribution is 7.17. The Labute approximate surface area is 100 Å². The molecular formula is C10H9N5OS.